The molecule has 0 bridgehead atoms. The SMILES string of the molecule is O=C(NCc1ccncc1)Nc1cccc(CNC(=O)c2csc(CCc3ccccc3)n2)c1. The maximum absolute atomic E-state index is 12.5. The summed E-state index contributed by atoms with van der Waals surface area (Å²) in [5.41, 5.74) is 4.17. The molecule has 2 heterocycles. The van der Waals surface area contributed by atoms with Crippen molar-refractivity contribution in [2.45, 2.75) is 25.9 Å². The van der Waals surface area contributed by atoms with Gasteiger partial charge >= 0.3 is 6.03 Å². The summed E-state index contributed by atoms with van der Waals surface area (Å²) >= 11 is 1.50. The molecule has 0 aliphatic carbocycles. The van der Waals surface area contributed by atoms with E-state index in [0.717, 1.165) is 29.0 Å². The number of aromatic nitrogens is 2. The van der Waals surface area contributed by atoms with Crippen molar-refractivity contribution < 1.29 is 9.59 Å². The highest BCUT2D eigenvalue weighted by Gasteiger charge is 2.11. The molecule has 0 unspecified atom stereocenters. The Morgan fingerprint density at radius 2 is 1.56 bits per heavy atom. The number of aryl methyl sites for hydroxylation is 2. The van der Waals surface area contributed by atoms with E-state index in [1.54, 1.807) is 23.8 Å². The fourth-order valence-corrected chi connectivity index (χ4v) is 4.09. The molecular weight excluding hydrogens is 446 g/mol. The van der Waals surface area contributed by atoms with Crippen LogP contribution in [0.4, 0.5) is 10.5 Å². The van der Waals surface area contributed by atoms with Gasteiger partial charge in [-0.15, -0.1) is 11.3 Å². The molecule has 0 saturated carbocycles. The molecule has 0 spiro atoms. The summed E-state index contributed by atoms with van der Waals surface area (Å²) < 4.78 is 0. The van der Waals surface area contributed by atoms with Crippen LogP contribution in [0.15, 0.2) is 84.5 Å². The first-order chi connectivity index (χ1) is 16.7. The predicted octanol–water partition coefficient (Wildman–Crippen LogP) is 4.58. The summed E-state index contributed by atoms with van der Waals surface area (Å²) in [6.45, 7) is 0.745. The molecule has 4 rings (SSSR count). The highest BCUT2D eigenvalue weighted by atomic mass is 32.1. The van der Waals surface area contributed by atoms with Gasteiger partial charge in [-0.05, 0) is 47.4 Å². The Kier molecular flexibility index (Phi) is 7.97. The molecule has 8 heteroatoms. The van der Waals surface area contributed by atoms with Crippen LogP contribution in [-0.2, 0) is 25.9 Å². The zero-order chi connectivity index (χ0) is 23.6. The highest BCUT2D eigenvalue weighted by Crippen LogP contribution is 2.14. The minimum atomic E-state index is -0.302. The van der Waals surface area contributed by atoms with Gasteiger partial charge in [-0.1, -0.05) is 42.5 Å². The number of hydrogen-bond acceptors (Lipinski definition) is 5. The largest absolute Gasteiger partial charge is 0.347 e. The van der Waals surface area contributed by atoms with Gasteiger partial charge in [0.05, 0.1) is 5.01 Å². The van der Waals surface area contributed by atoms with E-state index >= 15 is 0 Å². The Bertz CT molecular complexity index is 1230. The minimum absolute atomic E-state index is 0.212. The lowest BCUT2D eigenvalue weighted by Gasteiger charge is -2.09. The number of amides is 3. The van der Waals surface area contributed by atoms with E-state index in [-0.39, 0.29) is 11.9 Å². The lowest BCUT2D eigenvalue weighted by atomic mass is 10.1. The quantitative estimate of drug-likeness (QED) is 0.333. The predicted molar refractivity (Wildman–Crippen MR) is 134 cm³/mol. The smallest absolute Gasteiger partial charge is 0.319 e. The van der Waals surface area contributed by atoms with Crippen LogP contribution in [0.2, 0.25) is 0 Å². The molecule has 3 amide bonds. The van der Waals surface area contributed by atoms with Crippen LogP contribution >= 0.6 is 11.3 Å². The molecular formula is C26H25N5O2S. The summed E-state index contributed by atoms with van der Waals surface area (Å²) in [5, 5.41) is 11.3. The van der Waals surface area contributed by atoms with E-state index in [1.807, 2.05) is 48.5 Å². The molecule has 3 N–H and O–H groups in total. The zero-order valence-electron chi connectivity index (χ0n) is 18.5. The average molecular weight is 472 g/mol. The van der Waals surface area contributed by atoms with Crippen LogP contribution in [0.25, 0.3) is 0 Å². The van der Waals surface area contributed by atoms with Crippen molar-refractivity contribution in [2.24, 2.45) is 0 Å². The number of carbonyl (C=O) groups excluding carboxylic acids is 2. The van der Waals surface area contributed by atoms with Crippen molar-refractivity contribution in [3.63, 3.8) is 0 Å². The fourth-order valence-electron chi connectivity index (χ4n) is 3.32. The van der Waals surface area contributed by atoms with Crippen molar-refractivity contribution >= 4 is 29.0 Å². The summed E-state index contributed by atoms with van der Waals surface area (Å²) in [7, 11) is 0. The Balaban J connectivity index is 1.24. The van der Waals surface area contributed by atoms with Crippen molar-refractivity contribution in [2.75, 3.05) is 5.32 Å². The number of carbonyl (C=O) groups is 2. The second-order valence-electron chi connectivity index (χ2n) is 7.66. The molecule has 0 fully saturated rings. The first kappa shape index (κ1) is 23.1. The maximum atomic E-state index is 12.5. The number of thiazole rings is 1. The number of urea groups is 1. The Labute approximate surface area is 202 Å². The zero-order valence-corrected chi connectivity index (χ0v) is 19.3. The van der Waals surface area contributed by atoms with Gasteiger partial charge in [0.25, 0.3) is 5.91 Å². The third kappa shape index (κ3) is 6.98. The molecule has 0 saturated heterocycles. The lowest BCUT2D eigenvalue weighted by Crippen LogP contribution is -2.28. The monoisotopic (exact) mass is 471 g/mol. The van der Waals surface area contributed by atoms with Crippen LogP contribution in [0.5, 0.6) is 0 Å². The van der Waals surface area contributed by atoms with E-state index in [4.69, 9.17) is 0 Å². The molecule has 0 atom stereocenters. The Hall–Kier alpha value is -4.04. The van der Waals surface area contributed by atoms with Gasteiger partial charge in [-0.2, -0.15) is 0 Å². The van der Waals surface area contributed by atoms with Crippen molar-refractivity contribution in [3.8, 4) is 0 Å². The number of pyridine rings is 1. The van der Waals surface area contributed by atoms with Gasteiger partial charge in [0.2, 0.25) is 0 Å². The number of nitrogens with one attached hydrogen (secondary N) is 3. The van der Waals surface area contributed by atoms with Crippen LogP contribution in [0, 0.1) is 0 Å². The second-order valence-corrected chi connectivity index (χ2v) is 8.60. The molecule has 2 aromatic heterocycles. The van der Waals surface area contributed by atoms with Gasteiger partial charge in [-0.25, -0.2) is 9.78 Å². The molecule has 2 aromatic carbocycles. The molecule has 0 aliphatic heterocycles. The number of anilines is 1. The highest BCUT2D eigenvalue weighted by molar-refractivity contribution is 7.09. The van der Waals surface area contributed by atoms with E-state index in [2.05, 4.69) is 38.1 Å². The Morgan fingerprint density at radius 1 is 0.794 bits per heavy atom. The maximum Gasteiger partial charge on any atom is 0.319 e. The van der Waals surface area contributed by atoms with Crippen LogP contribution in [0.1, 0.15) is 32.2 Å². The molecule has 4 aromatic rings. The fraction of sp³-hybridized carbons (Fsp3) is 0.154. The van der Waals surface area contributed by atoms with Gasteiger partial charge < -0.3 is 16.0 Å². The number of benzene rings is 2. The van der Waals surface area contributed by atoms with Gasteiger partial charge in [0.15, 0.2) is 0 Å². The first-order valence-electron chi connectivity index (χ1n) is 10.9. The Morgan fingerprint density at radius 3 is 2.38 bits per heavy atom. The van der Waals surface area contributed by atoms with Gasteiger partial charge in [-0.3, -0.25) is 9.78 Å². The third-order valence-electron chi connectivity index (χ3n) is 5.10. The summed E-state index contributed by atoms with van der Waals surface area (Å²) in [6, 6.07) is 21.0. The summed E-state index contributed by atoms with van der Waals surface area (Å²) in [6.07, 6.45) is 5.07. The van der Waals surface area contributed by atoms with Crippen molar-refractivity contribution in [1.29, 1.82) is 0 Å². The van der Waals surface area contributed by atoms with Crippen molar-refractivity contribution in [3.05, 3.63) is 112 Å². The van der Waals surface area contributed by atoms with Crippen LogP contribution < -0.4 is 16.0 Å². The average Bonchev–Trinajstić information content (AvgIpc) is 3.36. The van der Waals surface area contributed by atoms with E-state index in [0.29, 0.717) is 24.5 Å². The van der Waals surface area contributed by atoms with E-state index in [9.17, 15) is 9.59 Å². The van der Waals surface area contributed by atoms with Crippen LogP contribution in [-0.4, -0.2) is 21.9 Å². The molecule has 0 radical (unpaired) electrons. The number of rotatable bonds is 9. The standard InChI is InChI=1S/C26H25N5O2S/c32-25(23-18-34-24(31-23)10-9-19-5-2-1-3-6-19)28-17-21-7-4-8-22(15-21)30-26(33)29-16-20-11-13-27-14-12-20/h1-8,11-15,18H,9-10,16-17H2,(H,28,32)(H2,29,30,33). The number of hydrogen-bond donors (Lipinski definition) is 3. The summed E-state index contributed by atoms with van der Waals surface area (Å²) in [4.78, 5) is 33.2. The van der Waals surface area contributed by atoms with Gasteiger partial charge in [0.1, 0.15) is 5.69 Å². The number of nitrogens with zero attached hydrogens (tertiary/aromatic N) is 2. The third-order valence-corrected chi connectivity index (χ3v) is 6.00. The second kappa shape index (κ2) is 11.7. The normalized spacial score (nSPS) is 10.5. The topological polar surface area (TPSA) is 96.0 Å². The molecule has 172 valence electrons. The van der Waals surface area contributed by atoms with Crippen molar-refractivity contribution in [1.82, 2.24) is 20.6 Å². The first-order valence-corrected chi connectivity index (χ1v) is 11.8. The lowest BCUT2D eigenvalue weighted by molar-refractivity contribution is 0.0946. The molecule has 7 nitrogen and oxygen atoms in total. The van der Waals surface area contributed by atoms with E-state index in [1.165, 1.54) is 16.9 Å². The molecule has 0 aliphatic rings. The molecule has 34 heavy (non-hydrogen) atoms. The summed E-state index contributed by atoms with van der Waals surface area (Å²) in [5.74, 6) is -0.212. The minimum Gasteiger partial charge on any atom is -0.347 e. The van der Waals surface area contributed by atoms with Crippen LogP contribution in [0.3, 0.4) is 0 Å². The van der Waals surface area contributed by atoms with E-state index < -0.39 is 0 Å². The van der Waals surface area contributed by atoms with Gasteiger partial charge in [0, 0.05) is 43.0 Å².